The van der Waals surface area contributed by atoms with Crippen LogP contribution in [0.1, 0.15) is 21.6 Å². The van der Waals surface area contributed by atoms with Crippen LogP contribution in [0.3, 0.4) is 0 Å². The molecule has 4 rings (SSSR count). The number of fused-ring (bicyclic) bond motifs is 1. The molecule has 8 nitrogen and oxygen atoms in total. The van der Waals surface area contributed by atoms with Gasteiger partial charge in [0.15, 0.2) is 17.1 Å². The summed E-state index contributed by atoms with van der Waals surface area (Å²) >= 11 is 0. The number of hydrogen-bond acceptors (Lipinski definition) is 6. The summed E-state index contributed by atoms with van der Waals surface area (Å²) in [7, 11) is 3.21. The predicted molar refractivity (Wildman–Crippen MR) is 119 cm³/mol. The molecule has 4 aromatic rings. The molecule has 0 saturated heterocycles. The van der Waals surface area contributed by atoms with Gasteiger partial charge in [-0.15, -0.1) is 0 Å². The summed E-state index contributed by atoms with van der Waals surface area (Å²) in [5, 5.41) is 8.17. The van der Waals surface area contributed by atoms with Crippen molar-refractivity contribution in [2.45, 2.75) is 13.8 Å². The van der Waals surface area contributed by atoms with Gasteiger partial charge < -0.3 is 20.5 Å². The first-order valence-electron chi connectivity index (χ1n) is 9.67. The number of benzene rings is 2. The lowest BCUT2D eigenvalue weighted by atomic mass is 10.1. The first-order chi connectivity index (χ1) is 14.9. The number of primary amides is 1. The molecule has 8 heteroatoms. The van der Waals surface area contributed by atoms with Crippen LogP contribution in [0, 0.1) is 13.8 Å². The topological polar surface area (TPSA) is 104 Å². The third-order valence-electron chi connectivity index (χ3n) is 5.05. The standard InChI is InChI=1S/C23H23N5O3/c1-13-11-20(26-17-8-5-15(6-9-17)22(24)29)28-23(25-13)14(2)21(27-28)16-7-10-18(30-3)19(12-16)31-4/h5-12,26H,1-4H3,(H2,24,29). The maximum atomic E-state index is 11.3. The van der Waals surface area contributed by atoms with E-state index in [1.54, 1.807) is 43.0 Å². The number of carbonyl (C=O) groups is 1. The van der Waals surface area contributed by atoms with E-state index in [9.17, 15) is 4.79 Å². The molecule has 2 aromatic carbocycles. The van der Waals surface area contributed by atoms with Crippen molar-refractivity contribution in [1.29, 1.82) is 0 Å². The molecule has 0 spiro atoms. The van der Waals surface area contributed by atoms with Gasteiger partial charge >= 0.3 is 0 Å². The number of aryl methyl sites for hydroxylation is 2. The number of anilines is 2. The number of hydrogen-bond donors (Lipinski definition) is 2. The van der Waals surface area contributed by atoms with E-state index in [0.29, 0.717) is 17.1 Å². The fourth-order valence-electron chi connectivity index (χ4n) is 3.46. The van der Waals surface area contributed by atoms with Gasteiger partial charge in [0.2, 0.25) is 5.91 Å². The SMILES string of the molecule is COc1ccc(-c2nn3c(Nc4ccc(C(N)=O)cc4)cc(C)nc3c2C)cc1OC. The molecule has 0 aliphatic rings. The molecule has 31 heavy (non-hydrogen) atoms. The number of rotatable bonds is 6. The number of nitrogens with one attached hydrogen (secondary N) is 1. The van der Waals surface area contributed by atoms with Gasteiger partial charge in [-0.25, -0.2) is 4.98 Å². The van der Waals surface area contributed by atoms with Crippen molar-refractivity contribution in [3.63, 3.8) is 0 Å². The van der Waals surface area contributed by atoms with Crippen LogP contribution in [0.15, 0.2) is 48.5 Å². The van der Waals surface area contributed by atoms with Crippen LogP contribution in [0.5, 0.6) is 11.5 Å². The fraction of sp³-hybridized carbons (Fsp3) is 0.174. The third-order valence-corrected chi connectivity index (χ3v) is 5.05. The van der Waals surface area contributed by atoms with Gasteiger partial charge in [-0.3, -0.25) is 4.79 Å². The van der Waals surface area contributed by atoms with Crippen LogP contribution >= 0.6 is 0 Å². The molecule has 0 bridgehead atoms. The first-order valence-corrected chi connectivity index (χ1v) is 9.67. The second kappa shape index (κ2) is 7.98. The van der Waals surface area contributed by atoms with Crippen LogP contribution in [0.4, 0.5) is 11.5 Å². The second-order valence-corrected chi connectivity index (χ2v) is 7.13. The molecular weight excluding hydrogens is 394 g/mol. The van der Waals surface area contributed by atoms with Gasteiger partial charge in [0.25, 0.3) is 0 Å². The highest BCUT2D eigenvalue weighted by Gasteiger charge is 2.17. The maximum absolute atomic E-state index is 11.3. The molecule has 2 heterocycles. The normalized spacial score (nSPS) is 10.8. The van der Waals surface area contributed by atoms with Gasteiger partial charge in [-0.05, 0) is 56.3 Å². The Labute approximate surface area is 179 Å². The van der Waals surface area contributed by atoms with Crippen LogP contribution in [-0.4, -0.2) is 34.7 Å². The fourth-order valence-corrected chi connectivity index (χ4v) is 3.46. The van der Waals surface area contributed by atoms with E-state index in [2.05, 4.69) is 10.3 Å². The van der Waals surface area contributed by atoms with Crippen LogP contribution < -0.4 is 20.5 Å². The van der Waals surface area contributed by atoms with Crippen LogP contribution in [0.25, 0.3) is 16.9 Å². The quantitative estimate of drug-likeness (QED) is 0.494. The molecule has 3 N–H and O–H groups in total. The maximum Gasteiger partial charge on any atom is 0.248 e. The smallest absolute Gasteiger partial charge is 0.248 e. The second-order valence-electron chi connectivity index (χ2n) is 7.13. The summed E-state index contributed by atoms with van der Waals surface area (Å²) in [4.78, 5) is 16.0. The lowest BCUT2D eigenvalue weighted by Gasteiger charge is -2.10. The highest BCUT2D eigenvalue weighted by Crippen LogP contribution is 2.34. The van der Waals surface area contributed by atoms with E-state index >= 15 is 0 Å². The Morgan fingerprint density at radius 3 is 2.35 bits per heavy atom. The summed E-state index contributed by atoms with van der Waals surface area (Å²) in [6, 6.07) is 14.6. The van der Waals surface area contributed by atoms with Crippen molar-refractivity contribution < 1.29 is 14.3 Å². The third kappa shape index (κ3) is 3.75. The van der Waals surface area contributed by atoms with Crippen molar-refractivity contribution in [3.05, 3.63) is 65.4 Å². The molecule has 0 radical (unpaired) electrons. The number of nitrogens with zero attached hydrogens (tertiary/aromatic N) is 3. The molecule has 0 aliphatic carbocycles. The van der Waals surface area contributed by atoms with E-state index in [1.165, 1.54) is 0 Å². The summed E-state index contributed by atoms with van der Waals surface area (Å²) in [6.45, 7) is 3.93. The van der Waals surface area contributed by atoms with Crippen molar-refractivity contribution in [2.24, 2.45) is 5.73 Å². The van der Waals surface area contributed by atoms with Crippen LogP contribution in [0.2, 0.25) is 0 Å². The molecule has 0 fully saturated rings. The predicted octanol–water partition coefficient (Wildman–Crippen LogP) is 3.87. The Kier molecular flexibility index (Phi) is 5.21. The lowest BCUT2D eigenvalue weighted by molar-refractivity contribution is 0.100. The average Bonchev–Trinajstić information content (AvgIpc) is 3.10. The van der Waals surface area contributed by atoms with Crippen molar-refractivity contribution >= 4 is 23.1 Å². The Morgan fingerprint density at radius 1 is 1.00 bits per heavy atom. The summed E-state index contributed by atoms with van der Waals surface area (Å²) in [5.41, 5.74) is 10.8. The molecule has 0 saturated carbocycles. The van der Waals surface area contributed by atoms with E-state index in [4.69, 9.17) is 20.3 Å². The van der Waals surface area contributed by atoms with Crippen LogP contribution in [-0.2, 0) is 0 Å². The highest BCUT2D eigenvalue weighted by atomic mass is 16.5. The number of carbonyl (C=O) groups excluding carboxylic acids is 1. The Morgan fingerprint density at radius 2 is 1.71 bits per heavy atom. The van der Waals surface area contributed by atoms with E-state index < -0.39 is 5.91 Å². The number of methoxy groups -OCH3 is 2. The summed E-state index contributed by atoms with van der Waals surface area (Å²) in [6.07, 6.45) is 0. The highest BCUT2D eigenvalue weighted by molar-refractivity contribution is 5.93. The monoisotopic (exact) mass is 417 g/mol. The van der Waals surface area contributed by atoms with Crippen molar-refractivity contribution in [1.82, 2.24) is 14.6 Å². The molecule has 1 amide bonds. The van der Waals surface area contributed by atoms with Gasteiger partial charge in [-0.2, -0.15) is 9.61 Å². The largest absolute Gasteiger partial charge is 0.493 e. The van der Waals surface area contributed by atoms with Crippen molar-refractivity contribution in [2.75, 3.05) is 19.5 Å². The molecule has 0 aliphatic heterocycles. The summed E-state index contributed by atoms with van der Waals surface area (Å²) < 4.78 is 12.6. The molecule has 158 valence electrons. The van der Waals surface area contributed by atoms with E-state index in [-0.39, 0.29) is 0 Å². The van der Waals surface area contributed by atoms with Gasteiger partial charge in [-0.1, -0.05) is 0 Å². The zero-order chi connectivity index (χ0) is 22.1. The minimum Gasteiger partial charge on any atom is -0.493 e. The molecular formula is C23H23N5O3. The minimum atomic E-state index is -0.462. The number of nitrogens with two attached hydrogens (primary N) is 1. The Bertz CT molecular complexity index is 1280. The lowest BCUT2D eigenvalue weighted by Crippen LogP contribution is -2.10. The number of amides is 1. The zero-order valence-corrected chi connectivity index (χ0v) is 17.8. The summed E-state index contributed by atoms with van der Waals surface area (Å²) in [5.74, 6) is 1.58. The minimum absolute atomic E-state index is 0.451. The molecule has 2 aromatic heterocycles. The van der Waals surface area contributed by atoms with Gasteiger partial charge in [0.1, 0.15) is 5.82 Å². The number of aromatic nitrogens is 3. The first kappa shape index (κ1) is 20.2. The van der Waals surface area contributed by atoms with Gasteiger partial charge in [0.05, 0.1) is 19.9 Å². The average molecular weight is 417 g/mol. The van der Waals surface area contributed by atoms with E-state index in [1.807, 2.05) is 38.1 Å². The van der Waals surface area contributed by atoms with E-state index in [0.717, 1.165) is 39.7 Å². The zero-order valence-electron chi connectivity index (χ0n) is 17.8. The number of ether oxygens (including phenoxy) is 2. The Hall–Kier alpha value is -4.07. The molecule has 0 atom stereocenters. The van der Waals surface area contributed by atoms with Gasteiger partial charge in [0, 0.05) is 34.1 Å². The van der Waals surface area contributed by atoms with Crippen molar-refractivity contribution in [3.8, 4) is 22.8 Å². The Balaban J connectivity index is 1.79. The molecule has 0 unspecified atom stereocenters.